The molecule has 3 aromatic rings. The number of benzene rings is 2. The van der Waals surface area contributed by atoms with Crippen LogP contribution in [0.3, 0.4) is 0 Å². The monoisotopic (exact) mass is 488 g/mol. The molecular formula is C31H40N2OS. The van der Waals surface area contributed by atoms with Crippen LogP contribution in [0.1, 0.15) is 61.1 Å². The van der Waals surface area contributed by atoms with Crippen LogP contribution in [0.5, 0.6) is 0 Å². The summed E-state index contributed by atoms with van der Waals surface area (Å²) in [4.78, 5) is 5.28. The van der Waals surface area contributed by atoms with E-state index in [1.165, 1.54) is 16.7 Å². The van der Waals surface area contributed by atoms with E-state index in [4.69, 9.17) is 0 Å². The quantitative estimate of drug-likeness (QED) is 0.379. The number of hydrogen-bond acceptors (Lipinski definition) is 4. The highest BCUT2D eigenvalue weighted by atomic mass is 32.1. The topological polar surface area (TPSA) is 26.7 Å². The second-order valence-electron chi connectivity index (χ2n) is 11.0. The second-order valence-corrected chi connectivity index (χ2v) is 11.8. The molecule has 0 bridgehead atoms. The predicted molar refractivity (Wildman–Crippen MR) is 147 cm³/mol. The first kappa shape index (κ1) is 24.7. The van der Waals surface area contributed by atoms with Gasteiger partial charge in [-0.25, -0.2) is 0 Å². The van der Waals surface area contributed by atoms with Crippen molar-refractivity contribution in [3.05, 3.63) is 94.2 Å². The first-order chi connectivity index (χ1) is 17.1. The van der Waals surface area contributed by atoms with Crippen LogP contribution in [-0.2, 0) is 6.54 Å². The first-order valence-corrected chi connectivity index (χ1v) is 14.3. The van der Waals surface area contributed by atoms with Crippen molar-refractivity contribution in [3.63, 3.8) is 0 Å². The molecule has 3 heterocycles. The SMILES string of the molecule is CC(CCC1(O)CCN(CC2CN(Cc3ccccc3)CC2c2ccsc2)CC1)c1ccccc1. The zero-order valence-electron chi connectivity index (χ0n) is 21.1. The molecule has 2 fully saturated rings. The van der Waals surface area contributed by atoms with Crippen molar-refractivity contribution in [2.75, 3.05) is 32.7 Å². The summed E-state index contributed by atoms with van der Waals surface area (Å²) in [7, 11) is 0. The van der Waals surface area contributed by atoms with Crippen molar-refractivity contribution in [1.82, 2.24) is 9.80 Å². The summed E-state index contributed by atoms with van der Waals surface area (Å²) < 4.78 is 0. The number of piperidine rings is 1. The standard InChI is InChI=1S/C31H40N2OS/c1-25(27-10-6-3-7-11-27)12-14-31(34)15-17-32(18-16-31)21-29-22-33(20-26-8-4-2-5-9-26)23-30(29)28-13-19-35-24-28/h2-11,13,19,24-25,29-30,34H,12,14-18,20-23H2,1H3. The highest BCUT2D eigenvalue weighted by Crippen LogP contribution is 2.37. The largest absolute Gasteiger partial charge is 0.390 e. The van der Waals surface area contributed by atoms with Gasteiger partial charge in [0.2, 0.25) is 0 Å². The smallest absolute Gasteiger partial charge is 0.0672 e. The Bertz CT molecular complexity index is 1010. The lowest BCUT2D eigenvalue weighted by Crippen LogP contribution is -2.46. The van der Waals surface area contributed by atoms with E-state index < -0.39 is 5.60 Å². The Morgan fingerprint density at radius 2 is 1.66 bits per heavy atom. The molecule has 2 aliphatic rings. The Labute approximate surface area is 215 Å². The fourth-order valence-electron chi connectivity index (χ4n) is 6.15. The third-order valence-electron chi connectivity index (χ3n) is 8.43. The molecule has 0 radical (unpaired) electrons. The summed E-state index contributed by atoms with van der Waals surface area (Å²) in [5.41, 5.74) is 3.81. The summed E-state index contributed by atoms with van der Waals surface area (Å²) in [5, 5.41) is 15.9. The van der Waals surface area contributed by atoms with Gasteiger partial charge in [0, 0.05) is 45.2 Å². The molecule has 4 heteroatoms. The van der Waals surface area contributed by atoms with Gasteiger partial charge in [-0.1, -0.05) is 67.6 Å². The lowest BCUT2D eigenvalue weighted by Gasteiger charge is -2.40. The van der Waals surface area contributed by atoms with Gasteiger partial charge in [-0.3, -0.25) is 4.90 Å². The van der Waals surface area contributed by atoms with Crippen LogP contribution in [0.4, 0.5) is 0 Å². The van der Waals surface area contributed by atoms with Crippen molar-refractivity contribution in [1.29, 1.82) is 0 Å². The maximum Gasteiger partial charge on any atom is 0.0672 e. The van der Waals surface area contributed by atoms with Crippen molar-refractivity contribution >= 4 is 11.3 Å². The molecule has 1 aromatic heterocycles. The van der Waals surface area contributed by atoms with Gasteiger partial charge in [-0.15, -0.1) is 0 Å². The molecule has 3 atom stereocenters. The number of rotatable bonds is 9. The van der Waals surface area contributed by atoms with E-state index in [9.17, 15) is 5.11 Å². The summed E-state index contributed by atoms with van der Waals surface area (Å²) in [5.74, 6) is 1.76. The van der Waals surface area contributed by atoms with Crippen LogP contribution < -0.4 is 0 Å². The molecule has 0 saturated carbocycles. The molecule has 3 unspecified atom stereocenters. The Morgan fingerprint density at radius 1 is 0.943 bits per heavy atom. The summed E-state index contributed by atoms with van der Waals surface area (Å²) in [6, 6.07) is 24.0. The van der Waals surface area contributed by atoms with Crippen molar-refractivity contribution < 1.29 is 5.11 Å². The molecule has 35 heavy (non-hydrogen) atoms. The molecule has 2 aliphatic heterocycles. The Hall–Kier alpha value is -1.98. The van der Waals surface area contributed by atoms with Gasteiger partial charge in [0.05, 0.1) is 5.60 Å². The maximum atomic E-state index is 11.3. The molecule has 1 N–H and O–H groups in total. The van der Waals surface area contributed by atoms with Crippen LogP contribution in [0.25, 0.3) is 0 Å². The number of thiophene rings is 1. The van der Waals surface area contributed by atoms with E-state index in [1.54, 1.807) is 0 Å². The van der Waals surface area contributed by atoms with Crippen LogP contribution >= 0.6 is 11.3 Å². The van der Waals surface area contributed by atoms with Gasteiger partial charge < -0.3 is 10.0 Å². The van der Waals surface area contributed by atoms with Crippen LogP contribution in [0.15, 0.2) is 77.5 Å². The number of aliphatic hydroxyl groups is 1. The highest BCUT2D eigenvalue weighted by Gasteiger charge is 2.38. The van der Waals surface area contributed by atoms with Crippen molar-refractivity contribution in [2.24, 2.45) is 5.92 Å². The van der Waals surface area contributed by atoms with E-state index in [0.29, 0.717) is 17.8 Å². The van der Waals surface area contributed by atoms with Crippen LogP contribution in [0.2, 0.25) is 0 Å². The average Bonchev–Trinajstić information content (AvgIpc) is 3.55. The number of likely N-dealkylation sites (tertiary alicyclic amines) is 2. The fourth-order valence-corrected chi connectivity index (χ4v) is 6.87. The van der Waals surface area contributed by atoms with E-state index in [2.05, 4.69) is 94.2 Å². The zero-order chi connectivity index (χ0) is 24.1. The molecule has 2 saturated heterocycles. The molecule has 0 amide bonds. The summed E-state index contributed by atoms with van der Waals surface area (Å²) in [6.07, 6.45) is 3.76. The van der Waals surface area contributed by atoms with Crippen molar-refractivity contribution in [2.45, 2.75) is 56.6 Å². The average molecular weight is 489 g/mol. The van der Waals surface area contributed by atoms with E-state index in [1.807, 2.05) is 11.3 Å². The zero-order valence-corrected chi connectivity index (χ0v) is 21.9. The van der Waals surface area contributed by atoms with E-state index in [0.717, 1.165) is 65.0 Å². The van der Waals surface area contributed by atoms with Crippen LogP contribution in [0, 0.1) is 5.92 Å². The third-order valence-corrected chi connectivity index (χ3v) is 9.13. The van der Waals surface area contributed by atoms with Crippen LogP contribution in [-0.4, -0.2) is 53.2 Å². The molecule has 186 valence electrons. The Kier molecular flexibility index (Phi) is 8.04. The van der Waals surface area contributed by atoms with E-state index >= 15 is 0 Å². The van der Waals surface area contributed by atoms with Gasteiger partial charge >= 0.3 is 0 Å². The molecule has 0 spiro atoms. The van der Waals surface area contributed by atoms with E-state index in [-0.39, 0.29) is 0 Å². The maximum absolute atomic E-state index is 11.3. The first-order valence-electron chi connectivity index (χ1n) is 13.4. The predicted octanol–water partition coefficient (Wildman–Crippen LogP) is 6.37. The summed E-state index contributed by atoms with van der Waals surface area (Å²) in [6.45, 7) is 8.80. The fraction of sp³-hybridized carbons (Fsp3) is 0.484. The minimum absolute atomic E-state index is 0.499. The van der Waals surface area contributed by atoms with Gasteiger partial charge in [0.25, 0.3) is 0 Å². The Balaban J connectivity index is 1.15. The van der Waals surface area contributed by atoms with Gasteiger partial charge in [0.1, 0.15) is 0 Å². The lowest BCUT2D eigenvalue weighted by molar-refractivity contribution is -0.0326. The third kappa shape index (κ3) is 6.42. The normalized spacial score (nSPS) is 23.9. The molecule has 2 aromatic carbocycles. The molecule has 0 aliphatic carbocycles. The van der Waals surface area contributed by atoms with Gasteiger partial charge in [-0.2, -0.15) is 11.3 Å². The van der Waals surface area contributed by atoms with Crippen molar-refractivity contribution in [3.8, 4) is 0 Å². The molecular weight excluding hydrogens is 448 g/mol. The molecule has 3 nitrogen and oxygen atoms in total. The number of hydrogen-bond donors (Lipinski definition) is 1. The summed E-state index contributed by atoms with van der Waals surface area (Å²) >= 11 is 1.82. The van der Waals surface area contributed by atoms with Gasteiger partial charge in [-0.05, 0) is 71.0 Å². The Morgan fingerprint density at radius 3 is 2.34 bits per heavy atom. The minimum Gasteiger partial charge on any atom is -0.390 e. The lowest BCUT2D eigenvalue weighted by atomic mass is 9.82. The minimum atomic E-state index is -0.499. The molecule has 5 rings (SSSR count). The second kappa shape index (κ2) is 11.4. The highest BCUT2D eigenvalue weighted by molar-refractivity contribution is 7.08. The van der Waals surface area contributed by atoms with Gasteiger partial charge in [0.15, 0.2) is 0 Å². The number of nitrogens with zero attached hydrogens (tertiary/aromatic N) is 2.